The van der Waals surface area contributed by atoms with Crippen LogP contribution in [0.1, 0.15) is 44.4 Å². The Bertz CT molecular complexity index is 1570. The second-order valence-electron chi connectivity index (χ2n) is 9.25. The van der Waals surface area contributed by atoms with Gasteiger partial charge in [-0.25, -0.2) is 8.78 Å². The number of allylic oxidation sites excluding steroid dienone is 4. The fraction of sp³-hybridized carbons (Fsp3) is 0.194. The first-order valence-corrected chi connectivity index (χ1v) is 12.8. The van der Waals surface area contributed by atoms with Gasteiger partial charge in [-0.2, -0.15) is 0 Å². The Kier molecular flexibility index (Phi) is 9.26. The van der Waals surface area contributed by atoms with Gasteiger partial charge in [0.2, 0.25) is 5.43 Å². The number of fused-ring (bicyclic) bond motifs is 1. The minimum Gasteiger partial charge on any atom is -0.503 e. The van der Waals surface area contributed by atoms with Crippen LogP contribution in [0.2, 0.25) is 0 Å². The number of methoxy groups -OCH3 is 1. The molecule has 1 aliphatic rings. The number of ether oxygens (including phenoxy) is 1. The van der Waals surface area contributed by atoms with E-state index in [4.69, 9.17) is 4.74 Å². The van der Waals surface area contributed by atoms with Crippen LogP contribution >= 0.6 is 0 Å². The highest BCUT2D eigenvalue weighted by molar-refractivity contribution is 5.99. The molecule has 0 spiro atoms. The number of carbonyl (C=O) groups excluding carboxylic acids is 2. The summed E-state index contributed by atoms with van der Waals surface area (Å²) in [6.07, 6.45) is 9.70. The van der Waals surface area contributed by atoms with Gasteiger partial charge in [0.05, 0.1) is 12.6 Å². The van der Waals surface area contributed by atoms with Crippen LogP contribution in [0.15, 0.2) is 96.5 Å². The molecule has 1 aliphatic heterocycles. The van der Waals surface area contributed by atoms with E-state index in [0.29, 0.717) is 12.5 Å². The van der Waals surface area contributed by atoms with Crippen LogP contribution in [0, 0.1) is 11.6 Å². The molecule has 4 rings (SSSR count). The highest BCUT2D eigenvalue weighted by Crippen LogP contribution is 2.34. The van der Waals surface area contributed by atoms with Gasteiger partial charge >= 0.3 is 0 Å². The summed E-state index contributed by atoms with van der Waals surface area (Å²) in [7, 11) is 1.44. The molecule has 2 atom stereocenters. The molecule has 0 saturated heterocycles. The van der Waals surface area contributed by atoms with Gasteiger partial charge < -0.3 is 24.6 Å². The molecule has 2 N–H and O–H groups in total. The topological polar surface area (TPSA) is 101 Å². The molecule has 8 nitrogen and oxygen atoms in total. The van der Waals surface area contributed by atoms with Crippen molar-refractivity contribution in [1.82, 2.24) is 14.8 Å². The summed E-state index contributed by atoms with van der Waals surface area (Å²) < 4.78 is 34.2. The Morgan fingerprint density at radius 2 is 1.93 bits per heavy atom. The average molecular weight is 562 g/mol. The second kappa shape index (κ2) is 13.0. The summed E-state index contributed by atoms with van der Waals surface area (Å²) in [6.45, 7) is 3.33. The molecule has 2 amide bonds. The monoisotopic (exact) mass is 561 g/mol. The summed E-state index contributed by atoms with van der Waals surface area (Å²) in [5.41, 5.74) is -0.946. The van der Waals surface area contributed by atoms with Crippen molar-refractivity contribution in [3.63, 3.8) is 0 Å². The fourth-order valence-electron chi connectivity index (χ4n) is 4.67. The average Bonchev–Trinajstić information content (AvgIpc) is 2.96. The van der Waals surface area contributed by atoms with E-state index in [1.165, 1.54) is 28.8 Å². The van der Waals surface area contributed by atoms with Gasteiger partial charge in [-0.1, -0.05) is 73.4 Å². The number of benzene rings is 2. The molecule has 1 aromatic heterocycles. The molecule has 2 heterocycles. The number of carbonyl (C=O) groups is 2. The minimum absolute atomic E-state index is 0.00767. The van der Waals surface area contributed by atoms with E-state index in [-0.39, 0.29) is 24.3 Å². The lowest BCUT2D eigenvalue weighted by Crippen LogP contribution is -2.51. The number of aromatic nitrogens is 1. The number of nitrogens with zero attached hydrogens (tertiary/aromatic N) is 2. The predicted octanol–water partition coefficient (Wildman–Crippen LogP) is 4.62. The Morgan fingerprint density at radius 3 is 2.61 bits per heavy atom. The van der Waals surface area contributed by atoms with E-state index >= 15 is 0 Å². The fourth-order valence-corrected chi connectivity index (χ4v) is 4.67. The maximum absolute atomic E-state index is 14.0. The highest BCUT2D eigenvalue weighted by Gasteiger charge is 2.40. The molecule has 0 bridgehead atoms. The van der Waals surface area contributed by atoms with Crippen molar-refractivity contribution in [2.45, 2.75) is 31.8 Å². The Morgan fingerprint density at radius 1 is 1.17 bits per heavy atom. The van der Waals surface area contributed by atoms with E-state index in [1.54, 1.807) is 18.2 Å². The van der Waals surface area contributed by atoms with Gasteiger partial charge in [0.25, 0.3) is 11.8 Å². The van der Waals surface area contributed by atoms with Crippen LogP contribution in [0.3, 0.4) is 0 Å². The Labute approximate surface area is 235 Å². The van der Waals surface area contributed by atoms with E-state index < -0.39 is 52.5 Å². The maximum atomic E-state index is 14.0. The van der Waals surface area contributed by atoms with Crippen molar-refractivity contribution in [2.75, 3.05) is 7.11 Å². The van der Waals surface area contributed by atoms with Gasteiger partial charge in [0.15, 0.2) is 17.7 Å². The lowest BCUT2D eigenvalue weighted by molar-refractivity contribution is -0.0573. The molecular weight excluding hydrogens is 532 g/mol. The van der Waals surface area contributed by atoms with Crippen LogP contribution in [-0.4, -0.2) is 39.7 Å². The van der Waals surface area contributed by atoms with E-state index in [0.717, 1.165) is 11.6 Å². The van der Waals surface area contributed by atoms with Crippen molar-refractivity contribution in [1.29, 1.82) is 0 Å². The zero-order valence-corrected chi connectivity index (χ0v) is 22.3. The summed E-state index contributed by atoms with van der Waals surface area (Å²) >= 11 is 0. The number of nitrogens with one attached hydrogen (secondary N) is 1. The number of rotatable bonds is 10. The molecule has 3 aromatic rings. The number of halogens is 2. The summed E-state index contributed by atoms with van der Waals surface area (Å²) in [5, 5.41) is 13.3. The number of amides is 2. The quantitative estimate of drug-likeness (QED) is 0.352. The van der Waals surface area contributed by atoms with Crippen molar-refractivity contribution in [2.24, 2.45) is 0 Å². The van der Waals surface area contributed by atoms with Crippen LogP contribution in [0.4, 0.5) is 8.78 Å². The lowest BCUT2D eigenvalue weighted by atomic mass is 9.99. The van der Waals surface area contributed by atoms with Crippen molar-refractivity contribution in [3.05, 3.63) is 136 Å². The summed E-state index contributed by atoms with van der Waals surface area (Å²) in [4.78, 5) is 41.2. The Hall–Kier alpha value is -4.83. The lowest BCUT2D eigenvalue weighted by Gasteiger charge is -2.41. The van der Waals surface area contributed by atoms with Gasteiger partial charge in [0.1, 0.15) is 17.2 Å². The van der Waals surface area contributed by atoms with Crippen LogP contribution < -0.4 is 10.7 Å². The van der Waals surface area contributed by atoms with Crippen molar-refractivity contribution >= 4 is 11.8 Å². The third-order valence-electron chi connectivity index (χ3n) is 6.70. The zero-order valence-electron chi connectivity index (χ0n) is 22.3. The molecule has 1 unspecified atom stereocenters. The summed E-state index contributed by atoms with van der Waals surface area (Å²) in [5.74, 6) is -4.05. The molecule has 0 fully saturated rings. The third kappa shape index (κ3) is 6.33. The molecule has 0 aliphatic carbocycles. The van der Waals surface area contributed by atoms with Crippen LogP contribution in [0.5, 0.6) is 5.75 Å². The van der Waals surface area contributed by atoms with Gasteiger partial charge in [-0.15, -0.1) is 0 Å². The maximum Gasteiger partial charge on any atom is 0.277 e. The number of aromatic hydroxyl groups is 1. The van der Waals surface area contributed by atoms with E-state index in [2.05, 4.69) is 11.9 Å². The third-order valence-corrected chi connectivity index (χ3v) is 6.70. The van der Waals surface area contributed by atoms with Crippen LogP contribution in [-0.2, 0) is 17.8 Å². The normalized spacial score (nSPS) is 15.7. The first-order chi connectivity index (χ1) is 19.8. The molecule has 10 heteroatoms. The van der Waals surface area contributed by atoms with Gasteiger partial charge in [0, 0.05) is 31.5 Å². The van der Waals surface area contributed by atoms with Gasteiger partial charge in [-0.05, 0) is 18.1 Å². The second-order valence-corrected chi connectivity index (χ2v) is 9.25. The zero-order chi connectivity index (χ0) is 29.5. The predicted molar refractivity (Wildman–Crippen MR) is 149 cm³/mol. The molecule has 41 heavy (non-hydrogen) atoms. The molecule has 0 saturated carbocycles. The SMILES string of the molecule is C=C/C=C\C=C\C[C@@H](c1ccccc1)N1C(=O)c2c(O)c(=O)c(C(=O)NCc3ccc(F)cc3F)cn2CC1OC. The standard InChI is InChI=1S/C31H29F2N3O5/c1-3-4-5-6-10-13-25(20-11-8-7-9-12-20)36-26(41-2)19-35-18-23(28(37)29(38)27(35)31(36)40)30(39)34-17-21-14-15-22(32)16-24(21)33/h3-12,14-16,18,25-26,38H,1,13,17,19H2,2H3,(H,34,39)/b5-4-,10-6+/t25-,26?/m0/s1. The number of hydrogen-bond acceptors (Lipinski definition) is 5. The van der Waals surface area contributed by atoms with E-state index in [9.17, 15) is 28.3 Å². The molecule has 2 aromatic carbocycles. The smallest absolute Gasteiger partial charge is 0.277 e. The van der Waals surface area contributed by atoms with Crippen molar-refractivity contribution < 1.29 is 28.2 Å². The largest absolute Gasteiger partial charge is 0.503 e. The van der Waals surface area contributed by atoms with Crippen molar-refractivity contribution in [3.8, 4) is 5.75 Å². The Balaban J connectivity index is 1.67. The minimum atomic E-state index is -1.05. The first kappa shape index (κ1) is 29.2. The number of hydrogen-bond donors (Lipinski definition) is 2. The molecular formula is C31H29F2N3O5. The van der Waals surface area contributed by atoms with E-state index in [1.807, 2.05) is 42.5 Å². The summed E-state index contributed by atoms with van der Waals surface area (Å²) in [6, 6.07) is 11.7. The highest BCUT2D eigenvalue weighted by atomic mass is 19.1. The molecule has 0 radical (unpaired) electrons. The molecule has 212 valence electrons. The van der Waals surface area contributed by atoms with Gasteiger partial charge in [-0.3, -0.25) is 14.4 Å². The number of pyridine rings is 1. The van der Waals surface area contributed by atoms with Crippen LogP contribution in [0.25, 0.3) is 0 Å². The first-order valence-electron chi connectivity index (χ1n) is 12.8.